The van der Waals surface area contributed by atoms with Gasteiger partial charge in [0.25, 0.3) is 0 Å². The summed E-state index contributed by atoms with van der Waals surface area (Å²) in [5.74, 6) is 0.485. The summed E-state index contributed by atoms with van der Waals surface area (Å²) in [6.45, 7) is 0. The zero-order valence-corrected chi connectivity index (χ0v) is 11.4. The molecule has 0 radical (unpaired) electrons. The van der Waals surface area contributed by atoms with E-state index in [0.717, 1.165) is 11.3 Å². The van der Waals surface area contributed by atoms with Crippen molar-refractivity contribution in [3.63, 3.8) is 0 Å². The summed E-state index contributed by atoms with van der Waals surface area (Å²) in [7, 11) is 0. The van der Waals surface area contributed by atoms with Crippen molar-refractivity contribution in [3.05, 3.63) is 78.5 Å². The zero-order chi connectivity index (χ0) is 14.5. The molecule has 1 N–H and O–H groups in total. The van der Waals surface area contributed by atoms with Crippen molar-refractivity contribution >= 4 is 11.7 Å². The lowest BCUT2D eigenvalue weighted by atomic mass is 10.1. The van der Waals surface area contributed by atoms with E-state index in [1.54, 1.807) is 10.7 Å². The fraction of sp³-hybridized carbons (Fsp3) is 0.0588. The van der Waals surface area contributed by atoms with Crippen LogP contribution >= 0.6 is 0 Å². The Morgan fingerprint density at radius 1 is 0.952 bits per heavy atom. The summed E-state index contributed by atoms with van der Waals surface area (Å²) < 4.78 is 1.73. The highest BCUT2D eigenvalue weighted by Gasteiger charge is 2.06. The molecule has 0 atom stereocenters. The second-order valence-electron chi connectivity index (χ2n) is 4.69. The van der Waals surface area contributed by atoms with Crippen molar-refractivity contribution in [1.82, 2.24) is 9.78 Å². The lowest BCUT2D eigenvalue weighted by Gasteiger charge is -2.03. The van der Waals surface area contributed by atoms with Crippen LogP contribution in [0.3, 0.4) is 0 Å². The molecule has 0 aliphatic heterocycles. The standard InChI is InChI=1S/C17H15N3O/c21-17(13-14-7-3-1-4-8-14)18-16-11-12-20(19-16)15-9-5-2-6-10-15/h1-12H,13H2,(H,18,19,21). The first-order valence-electron chi connectivity index (χ1n) is 6.76. The molecule has 0 unspecified atom stereocenters. The third-order valence-electron chi connectivity index (χ3n) is 3.08. The number of amides is 1. The first-order valence-corrected chi connectivity index (χ1v) is 6.76. The number of rotatable bonds is 4. The van der Waals surface area contributed by atoms with Gasteiger partial charge in [0, 0.05) is 12.3 Å². The van der Waals surface area contributed by atoms with Gasteiger partial charge in [-0.3, -0.25) is 4.79 Å². The van der Waals surface area contributed by atoms with Gasteiger partial charge in [0.05, 0.1) is 12.1 Å². The Hall–Kier alpha value is -2.88. The van der Waals surface area contributed by atoms with Gasteiger partial charge < -0.3 is 5.32 Å². The Morgan fingerprint density at radius 2 is 1.62 bits per heavy atom. The van der Waals surface area contributed by atoms with Gasteiger partial charge in [-0.1, -0.05) is 48.5 Å². The van der Waals surface area contributed by atoms with E-state index in [1.807, 2.05) is 66.9 Å². The Morgan fingerprint density at radius 3 is 2.33 bits per heavy atom. The molecule has 3 rings (SSSR count). The average molecular weight is 277 g/mol. The van der Waals surface area contributed by atoms with Crippen LogP contribution in [0.25, 0.3) is 5.69 Å². The summed E-state index contributed by atoms with van der Waals surface area (Å²) >= 11 is 0. The Balaban J connectivity index is 1.66. The number of aromatic nitrogens is 2. The van der Waals surface area contributed by atoms with E-state index in [9.17, 15) is 4.79 Å². The number of nitrogens with zero attached hydrogens (tertiary/aromatic N) is 2. The molecule has 1 heterocycles. The third kappa shape index (κ3) is 3.36. The summed E-state index contributed by atoms with van der Waals surface area (Å²) in [4.78, 5) is 12.0. The minimum Gasteiger partial charge on any atom is -0.309 e. The number of nitrogens with one attached hydrogen (secondary N) is 1. The van der Waals surface area contributed by atoms with Gasteiger partial charge in [-0.05, 0) is 17.7 Å². The Kier molecular flexibility index (Phi) is 3.78. The molecule has 0 bridgehead atoms. The van der Waals surface area contributed by atoms with E-state index >= 15 is 0 Å². The van der Waals surface area contributed by atoms with E-state index in [1.165, 1.54) is 0 Å². The maximum atomic E-state index is 12.0. The molecule has 0 aliphatic rings. The van der Waals surface area contributed by atoms with Crippen LogP contribution in [-0.4, -0.2) is 15.7 Å². The minimum absolute atomic E-state index is 0.0699. The number of hydrogen-bond acceptors (Lipinski definition) is 2. The molecule has 4 heteroatoms. The van der Waals surface area contributed by atoms with Crippen LogP contribution in [-0.2, 0) is 11.2 Å². The lowest BCUT2D eigenvalue weighted by molar-refractivity contribution is -0.115. The van der Waals surface area contributed by atoms with Gasteiger partial charge in [-0.25, -0.2) is 4.68 Å². The first kappa shape index (κ1) is 13.1. The molecule has 2 aromatic carbocycles. The van der Waals surface area contributed by atoms with Crippen molar-refractivity contribution in [2.75, 3.05) is 5.32 Å². The molecule has 1 amide bonds. The zero-order valence-electron chi connectivity index (χ0n) is 11.4. The van der Waals surface area contributed by atoms with E-state index in [2.05, 4.69) is 10.4 Å². The predicted octanol–water partition coefficient (Wildman–Crippen LogP) is 3.05. The molecule has 0 aliphatic carbocycles. The van der Waals surface area contributed by atoms with Crippen LogP contribution in [0.5, 0.6) is 0 Å². The van der Waals surface area contributed by atoms with Gasteiger partial charge in [0.15, 0.2) is 5.82 Å². The lowest BCUT2D eigenvalue weighted by Crippen LogP contribution is -2.14. The molecule has 0 spiro atoms. The normalized spacial score (nSPS) is 10.3. The van der Waals surface area contributed by atoms with Crippen LogP contribution in [0.1, 0.15) is 5.56 Å². The van der Waals surface area contributed by atoms with Crippen LogP contribution in [0.4, 0.5) is 5.82 Å². The second-order valence-corrected chi connectivity index (χ2v) is 4.69. The van der Waals surface area contributed by atoms with Crippen molar-refractivity contribution in [2.24, 2.45) is 0 Å². The van der Waals surface area contributed by atoms with Crippen molar-refractivity contribution < 1.29 is 4.79 Å². The molecule has 0 saturated heterocycles. The van der Waals surface area contributed by atoms with Crippen LogP contribution < -0.4 is 5.32 Å². The second kappa shape index (κ2) is 6.05. The highest BCUT2D eigenvalue weighted by atomic mass is 16.1. The van der Waals surface area contributed by atoms with Gasteiger partial charge >= 0.3 is 0 Å². The van der Waals surface area contributed by atoms with Crippen molar-refractivity contribution in [3.8, 4) is 5.69 Å². The summed E-state index contributed by atoms with van der Waals surface area (Å²) in [6, 6.07) is 21.2. The molecule has 0 saturated carbocycles. The van der Waals surface area contributed by atoms with Gasteiger partial charge in [-0.15, -0.1) is 0 Å². The van der Waals surface area contributed by atoms with Crippen molar-refractivity contribution in [1.29, 1.82) is 0 Å². The van der Waals surface area contributed by atoms with Crippen LogP contribution in [0.2, 0.25) is 0 Å². The van der Waals surface area contributed by atoms with E-state index in [-0.39, 0.29) is 5.91 Å². The SMILES string of the molecule is O=C(Cc1ccccc1)Nc1ccn(-c2ccccc2)n1. The summed E-state index contributed by atoms with van der Waals surface area (Å²) in [5, 5.41) is 7.16. The highest BCUT2D eigenvalue weighted by Crippen LogP contribution is 2.10. The Labute approximate surface area is 123 Å². The third-order valence-corrected chi connectivity index (χ3v) is 3.08. The largest absolute Gasteiger partial charge is 0.309 e. The molecular formula is C17H15N3O. The smallest absolute Gasteiger partial charge is 0.229 e. The molecule has 21 heavy (non-hydrogen) atoms. The monoisotopic (exact) mass is 277 g/mol. The number of benzene rings is 2. The summed E-state index contributed by atoms with van der Waals surface area (Å²) in [6.07, 6.45) is 2.17. The summed E-state index contributed by atoms with van der Waals surface area (Å²) in [5.41, 5.74) is 1.94. The van der Waals surface area contributed by atoms with E-state index in [4.69, 9.17) is 0 Å². The van der Waals surface area contributed by atoms with Gasteiger partial charge in [0.1, 0.15) is 0 Å². The molecule has 0 fully saturated rings. The minimum atomic E-state index is -0.0699. The van der Waals surface area contributed by atoms with Gasteiger partial charge in [-0.2, -0.15) is 5.10 Å². The Bertz CT molecular complexity index is 720. The molecular weight excluding hydrogens is 262 g/mol. The number of hydrogen-bond donors (Lipinski definition) is 1. The molecule has 1 aromatic heterocycles. The number of para-hydroxylation sites is 1. The van der Waals surface area contributed by atoms with Gasteiger partial charge in [0.2, 0.25) is 5.91 Å². The average Bonchev–Trinajstić information content (AvgIpc) is 2.97. The highest BCUT2D eigenvalue weighted by molar-refractivity contribution is 5.91. The van der Waals surface area contributed by atoms with Crippen LogP contribution in [0, 0.1) is 0 Å². The fourth-order valence-electron chi connectivity index (χ4n) is 2.08. The molecule has 3 aromatic rings. The quantitative estimate of drug-likeness (QED) is 0.796. The first-order chi connectivity index (χ1) is 10.3. The van der Waals surface area contributed by atoms with Crippen LogP contribution in [0.15, 0.2) is 72.9 Å². The topological polar surface area (TPSA) is 46.9 Å². The van der Waals surface area contributed by atoms with E-state index in [0.29, 0.717) is 12.2 Å². The number of carbonyl (C=O) groups excluding carboxylic acids is 1. The van der Waals surface area contributed by atoms with Crippen molar-refractivity contribution in [2.45, 2.75) is 6.42 Å². The molecule has 104 valence electrons. The number of anilines is 1. The number of carbonyl (C=O) groups is 1. The van der Waals surface area contributed by atoms with E-state index < -0.39 is 0 Å². The molecule has 4 nitrogen and oxygen atoms in total. The fourth-order valence-corrected chi connectivity index (χ4v) is 2.08. The maximum absolute atomic E-state index is 12.0. The maximum Gasteiger partial charge on any atom is 0.229 e. The predicted molar refractivity (Wildman–Crippen MR) is 82.3 cm³/mol.